The smallest absolute Gasteiger partial charge is 0.0620 e. The predicted molar refractivity (Wildman–Crippen MR) is 217 cm³/mol. The maximum Gasteiger partial charge on any atom is 0.0620 e. The molecule has 10 aromatic rings. The monoisotopic (exact) mass is 659 g/mol. The second-order valence-electron chi connectivity index (χ2n) is 13.1. The van der Waals surface area contributed by atoms with Crippen LogP contribution < -0.4 is 10.6 Å². The third-order valence-electron chi connectivity index (χ3n) is 10.1. The zero-order valence-electron chi connectivity index (χ0n) is 27.5. The van der Waals surface area contributed by atoms with Gasteiger partial charge in [0, 0.05) is 48.4 Å². The van der Waals surface area contributed by atoms with Crippen LogP contribution in [0.3, 0.4) is 0 Å². The van der Waals surface area contributed by atoms with E-state index in [0.717, 1.165) is 22.7 Å². The first-order chi connectivity index (χ1) is 24.7. The first kappa shape index (κ1) is 28.9. The van der Waals surface area contributed by atoms with Gasteiger partial charge in [-0.05, 0) is 94.7 Å². The molecule has 1 unspecified atom stereocenters. The van der Waals surface area contributed by atoms with E-state index in [1.54, 1.807) is 0 Å². The van der Waals surface area contributed by atoms with Gasteiger partial charge in [0.25, 0.3) is 0 Å². The molecule has 0 saturated carbocycles. The van der Waals surface area contributed by atoms with Crippen molar-refractivity contribution in [1.29, 1.82) is 0 Å². The van der Waals surface area contributed by atoms with Gasteiger partial charge in [-0.25, -0.2) is 0 Å². The lowest BCUT2D eigenvalue weighted by Crippen LogP contribution is -2.08. The second kappa shape index (κ2) is 11.5. The molecule has 2 N–H and O–H groups in total. The lowest BCUT2D eigenvalue weighted by Gasteiger charge is -2.20. The summed E-state index contributed by atoms with van der Waals surface area (Å²) >= 11 is 1.89. The maximum atomic E-state index is 3.76. The fraction of sp³-hybridized carbons (Fsp3) is 0.0435. The van der Waals surface area contributed by atoms with Gasteiger partial charge < -0.3 is 15.2 Å². The first-order valence-corrected chi connectivity index (χ1v) is 18.0. The number of fused-ring (bicyclic) bond motifs is 10. The van der Waals surface area contributed by atoms with Crippen LogP contribution in [0, 0.1) is 0 Å². The number of hydrogen-bond acceptors (Lipinski definition) is 3. The molecule has 0 aliphatic carbocycles. The lowest BCUT2D eigenvalue weighted by molar-refractivity contribution is 0.884. The molecule has 8 aromatic carbocycles. The average Bonchev–Trinajstić information content (AvgIpc) is 3.70. The lowest BCUT2D eigenvalue weighted by atomic mass is 10.0. The molecule has 238 valence electrons. The van der Waals surface area contributed by atoms with Crippen LogP contribution in [-0.4, -0.2) is 4.57 Å². The van der Waals surface area contributed by atoms with Gasteiger partial charge in [-0.1, -0.05) is 103 Å². The molecule has 1 atom stereocenters. The number of rotatable bonds is 6. The summed E-state index contributed by atoms with van der Waals surface area (Å²) in [6, 6.07) is 59.5. The first-order valence-electron chi connectivity index (χ1n) is 17.2. The van der Waals surface area contributed by atoms with Crippen LogP contribution in [0.1, 0.15) is 18.5 Å². The predicted octanol–water partition coefficient (Wildman–Crippen LogP) is 13.4. The van der Waals surface area contributed by atoms with E-state index in [2.05, 4.69) is 180 Å². The fourth-order valence-electron chi connectivity index (χ4n) is 7.73. The highest BCUT2D eigenvalue weighted by Crippen LogP contribution is 2.44. The van der Waals surface area contributed by atoms with Gasteiger partial charge in [-0.2, -0.15) is 0 Å². The molecule has 0 aliphatic rings. The molecule has 10 rings (SSSR count). The second-order valence-corrected chi connectivity index (χ2v) is 14.2. The zero-order valence-corrected chi connectivity index (χ0v) is 28.3. The minimum absolute atomic E-state index is 0.109. The molecule has 2 aromatic heterocycles. The highest BCUT2D eigenvalue weighted by atomic mass is 32.1. The molecule has 0 spiro atoms. The van der Waals surface area contributed by atoms with Crippen LogP contribution in [0.15, 0.2) is 164 Å². The molecular weight excluding hydrogens is 627 g/mol. The molecule has 4 heteroatoms. The summed E-state index contributed by atoms with van der Waals surface area (Å²) in [4.78, 5) is 0. The molecule has 50 heavy (non-hydrogen) atoms. The van der Waals surface area contributed by atoms with Gasteiger partial charge in [0.1, 0.15) is 0 Å². The van der Waals surface area contributed by atoms with Crippen LogP contribution in [0.4, 0.5) is 17.1 Å². The van der Waals surface area contributed by atoms with Crippen LogP contribution >= 0.6 is 11.3 Å². The van der Waals surface area contributed by atoms with Gasteiger partial charge >= 0.3 is 0 Å². The van der Waals surface area contributed by atoms with Crippen molar-refractivity contribution in [2.75, 3.05) is 10.6 Å². The maximum absolute atomic E-state index is 3.76. The van der Waals surface area contributed by atoms with Crippen molar-refractivity contribution in [2.24, 2.45) is 0 Å². The van der Waals surface area contributed by atoms with E-state index in [4.69, 9.17) is 0 Å². The van der Waals surface area contributed by atoms with Gasteiger partial charge in [-0.3, -0.25) is 0 Å². The largest absolute Gasteiger partial charge is 0.377 e. The molecule has 0 radical (unpaired) electrons. The van der Waals surface area contributed by atoms with Gasteiger partial charge in [0.05, 0.1) is 22.4 Å². The topological polar surface area (TPSA) is 29.0 Å². The number of hydrogen-bond donors (Lipinski definition) is 2. The molecule has 0 aliphatic heterocycles. The van der Waals surface area contributed by atoms with Crippen molar-refractivity contribution < 1.29 is 0 Å². The van der Waals surface area contributed by atoms with E-state index >= 15 is 0 Å². The summed E-state index contributed by atoms with van der Waals surface area (Å²) in [5.74, 6) is 0. The Labute approximate surface area is 294 Å². The number of para-hydroxylation sites is 3. The van der Waals surface area contributed by atoms with Crippen molar-refractivity contribution in [3.63, 3.8) is 0 Å². The molecule has 0 amide bonds. The number of nitrogens with zero attached hydrogens (tertiary/aromatic N) is 1. The molecule has 0 saturated heterocycles. The molecule has 3 nitrogen and oxygen atoms in total. The number of anilines is 3. The Kier molecular flexibility index (Phi) is 6.64. The third kappa shape index (κ3) is 4.64. The Bertz CT molecular complexity index is 2880. The van der Waals surface area contributed by atoms with Crippen LogP contribution in [0.25, 0.3) is 69.2 Å². The summed E-state index contributed by atoms with van der Waals surface area (Å²) < 4.78 is 5.10. The summed E-state index contributed by atoms with van der Waals surface area (Å²) in [5, 5.41) is 17.8. The van der Waals surface area contributed by atoms with Crippen LogP contribution in [0.5, 0.6) is 0 Å². The standard InChI is InChI=1S/C46H33N3S/c1-29(47-39-17-9-10-18-40(39)48-33-13-3-2-4-14-33)30-19-23-34(24-20-30)49-41-25-21-31-11-5-7-15-35(31)45(41)37-27-38-44(28-42(37)49)50-43-26-22-32-12-6-8-16-36(32)46(38)43/h2-29,47-48H,1H3. The van der Waals surface area contributed by atoms with Gasteiger partial charge in [0.2, 0.25) is 0 Å². The van der Waals surface area contributed by atoms with Crippen LogP contribution in [-0.2, 0) is 0 Å². The summed E-state index contributed by atoms with van der Waals surface area (Å²) in [7, 11) is 0. The number of nitrogens with one attached hydrogen (secondary N) is 2. The third-order valence-corrected chi connectivity index (χ3v) is 11.3. The molecule has 2 heterocycles. The molecular formula is C46H33N3S. The summed E-state index contributed by atoms with van der Waals surface area (Å²) in [5.41, 5.74) is 8.05. The van der Waals surface area contributed by atoms with Crippen molar-refractivity contribution in [3.05, 3.63) is 169 Å². The van der Waals surface area contributed by atoms with E-state index in [1.165, 1.54) is 69.1 Å². The Morgan fingerprint density at radius 2 is 1.16 bits per heavy atom. The Hall–Kier alpha value is -6.10. The number of benzene rings is 8. The average molecular weight is 660 g/mol. The summed E-state index contributed by atoms with van der Waals surface area (Å²) in [6.07, 6.45) is 0. The molecule has 0 bridgehead atoms. The van der Waals surface area contributed by atoms with Gasteiger partial charge in [0.15, 0.2) is 0 Å². The Balaban J connectivity index is 1.10. The van der Waals surface area contributed by atoms with Crippen molar-refractivity contribution in [1.82, 2.24) is 4.57 Å². The fourth-order valence-corrected chi connectivity index (χ4v) is 8.86. The molecule has 0 fully saturated rings. The Morgan fingerprint density at radius 3 is 1.94 bits per heavy atom. The zero-order chi connectivity index (χ0) is 33.2. The normalized spacial score (nSPS) is 12.4. The minimum atomic E-state index is 0.109. The van der Waals surface area contributed by atoms with Crippen LogP contribution in [0.2, 0.25) is 0 Å². The minimum Gasteiger partial charge on any atom is -0.377 e. The SMILES string of the molecule is CC(Nc1ccccc1Nc1ccccc1)c1ccc(-n2c3cc4sc5ccc6ccccc6c5c4cc3c3c4ccccc4ccc32)cc1. The van der Waals surface area contributed by atoms with Crippen molar-refractivity contribution in [3.8, 4) is 5.69 Å². The van der Waals surface area contributed by atoms with E-state index in [-0.39, 0.29) is 6.04 Å². The van der Waals surface area contributed by atoms with E-state index in [9.17, 15) is 0 Å². The summed E-state index contributed by atoms with van der Waals surface area (Å²) in [6.45, 7) is 2.22. The van der Waals surface area contributed by atoms with Gasteiger partial charge in [-0.15, -0.1) is 11.3 Å². The van der Waals surface area contributed by atoms with E-state index < -0.39 is 0 Å². The number of aromatic nitrogens is 1. The highest BCUT2D eigenvalue weighted by molar-refractivity contribution is 7.26. The van der Waals surface area contributed by atoms with E-state index in [1.807, 2.05) is 17.4 Å². The van der Waals surface area contributed by atoms with Crippen molar-refractivity contribution in [2.45, 2.75) is 13.0 Å². The van der Waals surface area contributed by atoms with Crippen molar-refractivity contribution >= 4 is 91.9 Å². The quantitative estimate of drug-likeness (QED) is 0.186. The highest BCUT2D eigenvalue weighted by Gasteiger charge is 2.19. The Morgan fingerprint density at radius 1 is 0.500 bits per heavy atom. The van der Waals surface area contributed by atoms with E-state index in [0.29, 0.717) is 0 Å². The number of thiophene rings is 1.